The minimum atomic E-state index is -1.52. The maximum absolute atomic E-state index is 12.8. The zero-order valence-electron chi connectivity index (χ0n) is 20.3. The fourth-order valence-corrected chi connectivity index (χ4v) is 4.76. The van der Waals surface area contributed by atoms with E-state index in [9.17, 15) is 4.21 Å². The molecule has 36 heavy (non-hydrogen) atoms. The predicted octanol–water partition coefficient (Wildman–Crippen LogP) is 4.88. The lowest BCUT2D eigenvalue weighted by Crippen LogP contribution is -2.37. The van der Waals surface area contributed by atoms with Crippen LogP contribution in [0.15, 0.2) is 90.3 Å². The van der Waals surface area contributed by atoms with Crippen LogP contribution in [-0.4, -0.2) is 34.3 Å². The number of nitrogens with zero attached hydrogens (tertiary/aromatic N) is 5. The van der Waals surface area contributed by atoms with Crippen LogP contribution in [0.4, 0.5) is 5.82 Å². The van der Waals surface area contributed by atoms with Gasteiger partial charge in [0.1, 0.15) is 22.2 Å². The van der Waals surface area contributed by atoms with Crippen molar-refractivity contribution in [2.24, 2.45) is 0 Å². The lowest BCUT2D eigenvalue weighted by atomic mass is 10.1. The van der Waals surface area contributed by atoms with Crippen molar-refractivity contribution in [3.63, 3.8) is 0 Å². The number of anilines is 1. The molecule has 2 aromatic carbocycles. The van der Waals surface area contributed by atoms with Gasteiger partial charge in [0.25, 0.3) is 0 Å². The van der Waals surface area contributed by atoms with Crippen molar-refractivity contribution in [3.8, 4) is 22.6 Å². The second kappa shape index (κ2) is 9.96. The van der Waals surface area contributed by atoms with Crippen molar-refractivity contribution in [2.45, 2.75) is 37.9 Å². The topological polar surface area (TPSA) is 97.1 Å². The number of aromatic nitrogens is 5. The third-order valence-corrected chi connectivity index (χ3v) is 6.70. The van der Waals surface area contributed by atoms with Crippen LogP contribution < -0.4 is 10.0 Å². The van der Waals surface area contributed by atoms with E-state index in [1.54, 1.807) is 10.7 Å². The maximum Gasteiger partial charge on any atom is 0.202 e. The van der Waals surface area contributed by atoms with Gasteiger partial charge in [-0.1, -0.05) is 60.7 Å². The van der Waals surface area contributed by atoms with E-state index in [4.69, 9.17) is 10.1 Å². The summed E-state index contributed by atoms with van der Waals surface area (Å²) in [4.78, 5) is 13.7. The number of nitrogens with one attached hydrogen (secondary N) is 2. The first-order valence-corrected chi connectivity index (χ1v) is 12.8. The molecule has 0 saturated carbocycles. The van der Waals surface area contributed by atoms with Crippen molar-refractivity contribution in [1.82, 2.24) is 29.3 Å². The predicted molar refractivity (Wildman–Crippen MR) is 143 cm³/mol. The van der Waals surface area contributed by atoms with Crippen LogP contribution in [-0.2, 0) is 17.5 Å². The highest BCUT2D eigenvalue weighted by molar-refractivity contribution is 7.83. The Labute approximate surface area is 212 Å². The summed E-state index contributed by atoms with van der Waals surface area (Å²) >= 11 is 0. The summed E-state index contributed by atoms with van der Waals surface area (Å²) in [5, 5.41) is 8.53. The minimum absolute atomic E-state index is 0.322. The molecule has 1 atom stereocenters. The molecule has 0 aliphatic rings. The molecule has 0 fully saturated rings. The monoisotopic (exact) mass is 497 g/mol. The molecule has 3 aromatic heterocycles. The number of hydrogen-bond donors (Lipinski definition) is 2. The lowest BCUT2D eigenvalue weighted by molar-refractivity contribution is 0.518. The SMILES string of the molecule is CC(C)(C)NS(=O)c1cncc(-c2nc(NCc3ccccc3)c3c(-c4ccccc4)ccn3n2)n1. The molecule has 2 N–H and O–H groups in total. The molecule has 5 aromatic rings. The van der Waals surface area contributed by atoms with Crippen LogP contribution in [0, 0.1) is 0 Å². The van der Waals surface area contributed by atoms with Gasteiger partial charge in [0.2, 0.25) is 5.82 Å². The van der Waals surface area contributed by atoms with Gasteiger partial charge in [0.15, 0.2) is 10.8 Å². The Hall–Kier alpha value is -3.95. The van der Waals surface area contributed by atoms with Gasteiger partial charge < -0.3 is 5.32 Å². The standard InChI is InChI=1S/C27H27N7OS/c1-27(2,3)33-36(35)23-18-28-17-22(30-23)25-31-26(29-16-19-10-6-4-7-11-19)24-21(14-15-34(24)32-25)20-12-8-5-9-13-20/h4-15,17-18,33H,16H2,1-3H3,(H,29,31,32). The smallest absolute Gasteiger partial charge is 0.202 e. The number of hydrogen-bond acceptors (Lipinski definition) is 6. The number of fused-ring (bicyclic) bond motifs is 1. The second-order valence-corrected chi connectivity index (χ2v) is 10.5. The summed E-state index contributed by atoms with van der Waals surface area (Å²) in [6, 6.07) is 22.3. The molecule has 0 bridgehead atoms. The van der Waals surface area contributed by atoms with Crippen LogP contribution in [0.3, 0.4) is 0 Å². The highest BCUT2D eigenvalue weighted by Crippen LogP contribution is 2.31. The lowest BCUT2D eigenvalue weighted by Gasteiger charge is -2.19. The van der Waals surface area contributed by atoms with Crippen LogP contribution in [0.2, 0.25) is 0 Å². The third-order valence-electron chi connectivity index (χ3n) is 5.33. The largest absolute Gasteiger partial charge is 0.364 e. The normalized spacial score (nSPS) is 12.5. The van der Waals surface area contributed by atoms with Gasteiger partial charge in [-0.2, -0.15) is 0 Å². The average Bonchev–Trinajstić information content (AvgIpc) is 3.32. The highest BCUT2D eigenvalue weighted by Gasteiger charge is 2.19. The summed E-state index contributed by atoms with van der Waals surface area (Å²) in [6.07, 6.45) is 4.99. The van der Waals surface area contributed by atoms with Gasteiger partial charge in [-0.25, -0.2) is 23.4 Å². The quantitative estimate of drug-likeness (QED) is 0.333. The molecule has 182 valence electrons. The fraction of sp³-hybridized carbons (Fsp3) is 0.185. The summed E-state index contributed by atoms with van der Waals surface area (Å²) in [6.45, 7) is 6.43. The molecule has 0 saturated heterocycles. The van der Waals surface area contributed by atoms with E-state index in [-0.39, 0.29) is 5.54 Å². The van der Waals surface area contributed by atoms with Gasteiger partial charge in [-0.3, -0.25) is 4.98 Å². The zero-order chi connectivity index (χ0) is 25.1. The first-order chi connectivity index (χ1) is 17.4. The third kappa shape index (κ3) is 5.32. The Bertz CT molecular complexity index is 1510. The van der Waals surface area contributed by atoms with Crippen molar-refractivity contribution >= 4 is 22.3 Å². The Kier molecular flexibility index (Phi) is 6.58. The molecule has 0 aliphatic carbocycles. The summed E-state index contributed by atoms with van der Waals surface area (Å²) in [5.41, 5.74) is 4.19. The Morgan fingerprint density at radius 2 is 1.64 bits per heavy atom. The molecular formula is C27H27N7OS. The molecule has 0 radical (unpaired) electrons. The molecule has 8 nitrogen and oxygen atoms in total. The first-order valence-electron chi connectivity index (χ1n) is 11.6. The van der Waals surface area contributed by atoms with Crippen molar-refractivity contribution in [1.29, 1.82) is 0 Å². The highest BCUT2D eigenvalue weighted by atomic mass is 32.2. The van der Waals surface area contributed by atoms with Gasteiger partial charge >= 0.3 is 0 Å². The molecule has 3 heterocycles. The van der Waals surface area contributed by atoms with E-state index in [0.717, 1.165) is 22.2 Å². The summed E-state index contributed by atoms with van der Waals surface area (Å²) < 4.78 is 17.6. The van der Waals surface area contributed by atoms with Crippen LogP contribution in [0.25, 0.3) is 28.2 Å². The molecule has 0 aliphatic heterocycles. The van der Waals surface area contributed by atoms with Crippen molar-refractivity contribution in [3.05, 3.63) is 90.9 Å². The Morgan fingerprint density at radius 1 is 0.917 bits per heavy atom. The van der Waals surface area contributed by atoms with E-state index >= 15 is 0 Å². The second-order valence-electron chi connectivity index (χ2n) is 9.38. The van der Waals surface area contributed by atoms with E-state index in [1.807, 2.05) is 69.4 Å². The van der Waals surface area contributed by atoms with Crippen molar-refractivity contribution < 1.29 is 4.21 Å². The van der Waals surface area contributed by atoms with Crippen LogP contribution in [0.1, 0.15) is 26.3 Å². The summed E-state index contributed by atoms with van der Waals surface area (Å²) in [5.74, 6) is 1.06. The van der Waals surface area contributed by atoms with Crippen LogP contribution >= 0.6 is 0 Å². The number of rotatable bonds is 7. The van der Waals surface area contributed by atoms with Crippen LogP contribution in [0.5, 0.6) is 0 Å². The fourth-order valence-electron chi connectivity index (χ4n) is 3.76. The van der Waals surface area contributed by atoms with E-state index in [2.05, 4.69) is 44.3 Å². The van der Waals surface area contributed by atoms with Gasteiger partial charge in [-0.15, -0.1) is 5.10 Å². The van der Waals surface area contributed by atoms with Gasteiger partial charge in [-0.05, 0) is 38.0 Å². The van der Waals surface area contributed by atoms with E-state index < -0.39 is 11.0 Å². The Morgan fingerprint density at radius 3 is 2.36 bits per heavy atom. The van der Waals surface area contributed by atoms with Crippen molar-refractivity contribution in [2.75, 3.05) is 5.32 Å². The molecular weight excluding hydrogens is 470 g/mol. The molecule has 0 amide bonds. The van der Waals surface area contributed by atoms with Gasteiger partial charge in [0, 0.05) is 23.8 Å². The summed E-state index contributed by atoms with van der Waals surface area (Å²) in [7, 11) is -1.52. The van der Waals surface area contributed by atoms with Gasteiger partial charge in [0.05, 0.1) is 12.4 Å². The average molecular weight is 498 g/mol. The molecule has 1 unspecified atom stereocenters. The molecule has 9 heteroatoms. The maximum atomic E-state index is 12.8. The Balaban J connectivity index is 1.58. The first kappa shape index (κ1) is 23.8. The van der Waals surface area contributed by atoms with E-state index in [0.29, 0.717) is 28.9 Å². The minimum Gasteiger partial charge on any atom is -0.364 e. The molecule has 0 spiro atoms. The zero-order valence-corrected chi connectivity index (χ0v) is 21.2. The van der Waals surface area contributed by atoms with E-state index in [1.165, 1.54) is 6.20 Å². The molecule has 5 rings (SSSR count). The number of benzene rings is 2.